The molecule has 2 rings (SSSR count). The standard InChI is InChI=1S/C12H17N5O2/c1-8(2)11(7-17-5-4-13-16-17)14-12(18)10-6-9(3)19-15-10/h4-6,8,11H,7H2,1-3H3,(H,14,18). The van der Waals surface area contributed by atoms with E-state index in [-0.39, 0.29) is 17.9 Å². The molecule has 102 valence electrons. The summed E-state index contributed by atoms with van der Waals surface area (Å²) in [5.41, 5.74) is 0.293. The Balaban J connectivity index is 2.02. The minimum Gasteiger partial charge on any atom is -0.361 e. The molecule has 0 saturated carbocycles. The Kier molecular flexibility index (Phi) is 3.94. The van der Waals surface area contributed by atoms with Crippen LogP contribution in [-0.2, 0) is 6.54 Å². The number of rotatable bonds is 5. The third-order valence-corrected chi connectivity index (χ3v) is 2.84. The maximum atomic E-state index is 12.0. The van der Waals surface area contributed by atoms with Gasteiger partial charge in [-0.15, -0.1) is 5.10 Å². The molecule has 2 aromatic rings. The smallest absolute Gasteiger partial charge is 0.273 e. The average molecular weight is 263 g/mol. The summed E-state index contributed by atoms with van der Waals surface area (Å²) in [5, 5.41) is 14.3. The highest BCUT2D eigenvalue weighted by Gasteiger charge is 2.20. The van der Waals surface area contributed by atoms with Gasteiger partial charge in [0.05, 0.1) is 18.8 Å². The number of aromatic nitrogens is 4. The molecule has 19 heavy (non-hydrogen) atoms. The van der Waals surface area contributed by atoms with Crippen molar-refractivity contribution in [3.63, 3.8) is 0 Å². The van der Waals surface area contributed by atoms with E-state index in [1.165, 1.54) is 0 Å². The average Bonchev–Trinajstić information content (AvgIpc) is 2.99. The van der Waals surface area contributed by atoms with E-state index in [0.29, 0.717) is 18.0 Å². The molecule has 1 N–H and O–H groups in total. The Hall–Kier alpha value is -2.18. The van der Waals surface area contributed by atoms with Gasteiger partial charge in [0.1, 0.15) is 5.76 Å². The van der Waals surface area contributed by atoms with Crippen LogP contribution in [0.2, 0.25) is 0 Å². The van der Waals surface area contributed by atoms with E-state index in [1.54, 1.807) is 30.1 Å². The van der Waals surface area contributed by atoms with Gasteiger partial charge in [0.25, 0.3) is 5.91 Å². The van der Waals surface area contributed by atoms with Crippen LogP contribution in [0.15, 0.2) is 23.0 Å². The lowest BCUT2D eigenvalue weighted by Gasteiger charge is -2.21. The summed E-state index contributed by atoms with van der Waals surface area (Å²) >= 11 is 0. The third-order valence-electron chi connectivity index (χ3n) is 2.84. The quantitative estimate of drug-likeness (QED) is 0.870. The van der Waals surface area contributed by atoms with Crippen molar-refractivity contribution < 1.29 is 9.32 Å². The van der Waals surface area contributed by atoms with E-state index in [0.717, 1.165) is 0 Å². The summed E-state index contributed by atoms with van der Waals surface area (Å²) in [6, 6.07) is 1.56. The van der Waals surface area contributed by atoms with Crippen LogP contribution < -0.4 is 5.32 Å². The van der Waals surface area contributed by atoms with Gasteiger partial charge in [-0.2, -0.15) is 0 Å². The predicted molar refractivity (Wildman–Crippen MR) is 67.4 cm³/mol. The second kappa shape index (κ2) is 5.64. The summed E-state index contributed by atoms with van der Waals surface area (Å²) in [6.45, 7) is 6.39. The first kappa shape index (κ1) is 13.3. The number of carbonyl (C=O) groups is 1. The fourth-order valence-electron chi connectivity index (χ4n) is 1.67. The van der Waals surface area contributed by atoms with Crippen LogP contribution in [0.25, 0.3) is 0 Å². The number of hydrogen-bond acceptors (Lipinski definition) is 5. The molecule has 0 aromatic carbocycles. The lowest BCUT2D eigenvalue weighted by molar-refractivity contribution is 0.0910. The highest BCUT2D eigenvalue weighted by molar-refractivity contribution is 5.92. The van der Waals surface area contributed by atoms with Crippen molar-refractivity contribution >= 4 is 5.91 Å². The van der Waals surface area contributed by atoms with Crippen molar-refractivity contribution in [2.75, 3.05) is 0 Å². The molecule has 2 heterocycles. The molecule has 0 bridgehead atoms. The Morgan fingerprint density at radius 2 is 2.32 bits per heavy atom. The summed E-state index contributed by atoms with van der Waals surface area (Å²) in [5.74, 6) is 0.638. The second-order valence-corrected chi connectivity index (χ2v) is 4.77. The number of hydrogen-bond donors (Lipinski definition) is 1. The van der Waals surface area contributed by atoms with E-state index in [2.05, 4.69) is 20.8 Å². The zero-order valence-corrected chi connectivity index (χ0v) is 11.2. The monoisotopic (exact) mass is 263 g/mol. The molecular weight excluding hydrogens is 246 g/mol. The molecule has 0 aliphatic rings. The minimum absolute atomic E-state index is 0.0498. The Labute approximate surface area is 111 Å². The SMILES string of the molecule is Cc1cc(C(=O)NC(Cn2ccnn2)C(C)C)no1. The van der Waals surface area contributed by atoms with Crippen LogP contribution in [0.3, 0.4) is 0 Å². The first-order valence-electron chi connectivity index (χ1n) is 6.14. The molecule has 0 spiro atoms. The summed E-state index contributed by atoms with van der Waals surface area (Å²) < 4.78 is 6.59. The largest absolute Gasteiger partial charge is 0.361 e. The van der Waals surface area contributed by atoms with Crippen molar-refractivity contribution in [1.82, 2.24) is 25.5 Å². The summed E-state index contributed by atoms with van der Waals surface area (Å²) in [6.07, 6.45) is 3.38. The van der Waals surface area contributed by atoms with Gasteiger partial charge in [-0.25, -0.2) is 0 Å². The van der Waals surface area contributed by atoms with Crippen molar-refractivity contribution in [3.05, 3.63) is 29.9 Å². The first-order valence-corrected chi connectivity index (χ1v) is 6.14. The lowest BCUT2D eigenvalue weighted by Crippen LogP contribution is -2.41. The van der Waals surface area contributed by atoms with Crippen molar-refractivity contribution in [3.8, 4) is 0 Å². The zero-order chi connectivity index (χ0) is 13.8. The lowest BCUT2D eigenvalue weighted by atomic mass is 10.0. The molecular formula is C12H17N5O2. The molecule has 7 nitrogen and oxygen atoms in total. The van der Waals surface area contributed by atoms with Gasteiger partial charge in [0.2, 0.25) is 0 Å². The maximum Gasteiger partial charge on any atom is 0.273 e. The molecule has 7 heteroatoms. The Bertz CT molecular complexity index is 532. The Morgan fingerprint density at radius 3 is 2.84 bits per heavy atom. The van der Waals surface area contributed by atoms with E-state index >= 15 is 0 Å². The number of carbonyl (C=O) groups excluding carboxylic acids is 1. The van der Waals surface area contributed by atoms with Crippen LogP contribution >= 0.6 is 0 Å². The van der Waals surface area contributed by atoms with E-state index < -0.39 is 0 Å². The zero-order valence-electron chi connectivity index (χ0n) is 11.2. The van der Waals surface area contributed by atoms with Gasteiger partial charge in [-0.3, -0.25) is 9.48 Å². The molecule has 0 saturated heterocycles. The van der Waals surface area contributed by atoms with Crippen molar-refractivity contribution in [2.45, 2.75) is 33.4 Å². The van der Waals surface area contributed by atoms with E-state index in [1.807, 2.05) is 13.8 Å². The van der Waals surface area contributed by atoms with Gasteiger partial charge >= 0.3 is 0 Å². The van der Waals surface area contributed by atoms with E-state index in [9.17, 15) is 4.79 Å². The minimum atomic E-state index is -0.240. The molecule has 2 aromatic heterocycles. The normalized spacial score (nSPS) is 12.6. The highest BCUT2D eigenvalue weighted by Crippen LogP contribution is 2.07. The predicted octanol–water partition coefficient (Wildman–Crippen LogP) is 1.03. The molecule has 1 atom stereocenters. The van der Waals surface area contributed by atoms with Gasteiger partial charge in [-0.1, -0.05) is 24.2 Å². The highest BCUT2D eigenvalue weighted by atomic mass is 16.5. The third kappa shape index (κ3) is 3.40. The molecule has 1 unspecified atom stereocenters. The summed E-state index contributed by atoms with van der Waals surface area (Å²) in [4.78, 5) is 12.0. The number of aryl methyl sites for hydroxylation is 1. The van der Waals surface area contributed by atoms with Crippen molar-refractivity contribution in [1.29, 1.82) is 0 Å². The fraction of sp³-hybridized carbons (Fsp3) is 0.500. The van der Waals surface area contributed by atoms with Gasteiger partial charge in [0, 0.05) is 12.3 Å². The van der Waals surface area contributed by atoms with Crippen molar-refractivity contribution in [2.24, 2.45) is 5.92 Å². The van der Waals surface area contributed by atoms with Gasteiger partial charge in [0.15, 0.2) is 5.69 Å². The van der Waals surface area contributed by atoms with Crippen LogP contribution in [-0.4, -0.2) is 32.1 Å². The van der Waals surface area contributed by atoms with Crippen LogP contribution in [0.1, 0.15) is 30.1 Å². The van der Waals surface area contributed by atoms with Crippen LogP contribution in [0, 0.1) is 12.8 Å². The molecule has 1 amide bonds. The molecule has 0 radical (unpaired) electrons. The van der Waals surface area contributed by atoms with Crippen LogP contribution in [0.4, 0.5) is 0 Å². The second-order valence-electron chi connectivity index (χ2n) is 4.77. The molecule has 0 fully saturated rings. The summed E-state index contributed by atoms with van der Waals surface area (Å²) in [7, 11) is 0. The topological polar surface area (TPSA) is 85.8 Å². The number of nitrogens with one attached hydrogen (secondary N) is 1. The maximum absolute atomic E-state index is 12.0. The van der Waals surface area contributed by atoms with E-state index in [4.69, 9.17) is 4.52 Å². The fourth-order valence-corrected chi connectivity index (χ4v) is 1.67. The number of nitrogens with zero attached hydrogens (tertiary/aromatic N) is 4. The van der Waals surface area contributed by atoms with Crippen LogP contribution in [0.5, 0.6) is 0 Å². The Morgan fingerprint density at radius 1 is 1.53 bits per heavy atom. The van der Waals surface area contributed by atoms with Gasteiger partial charge in [-0.05, 0) is 12.8 Å². The van der Waals surface area contributed by atoms with Gasteiger partial charge < -0.3 is 9.84 Å². The molecule has 0 aliphatic heterocycles. The number of amides is 1. The molecule has 0 aliphatic carbocycles. The first-order chi connectivity index (χ1) is 9.06.